The van der Waals surface area contributed by atoms with Gasteiger partial charge in [-0.25, -0.2) is 4.99 Å². The molecule has 0 aromatic heterocycles. The molecule has 2 aliphatic heterocycles. The first-order valence-corrected chi connectivity index (χ1v) is 6.90. The molecule has 5 nitrogen and oxygen atoms in total. The average Bonchev–Trinajstić information content (AvgIpc) is 2.73. The van der Waals surface area contributed by atoms with Crippen molar-refractivity contribution < 1.29 is 9.53 Å². The second-order valence-corrected chi connectivity index (χ2v) is 5.29. The molecule has 2 aliphatic rings. The van der Waals surface area contributed by atoms with E-state index >= 15 is 0 Å². The lowest BCUT2D eigenvalue weighted by atomic mass is 10.00. The van der Waals surface area contributed by atoms with Crippen molar-refractivity contribution in [3.8, 4) is 5.75 Å². The molecule has 1 saturated heterocycles. The second kappa shape index (κ2) is 4.90. The number of aliphatic imine (C=N–C) groups is 1. The summed E-state index contributed by atoms with van der Waals surface area (Å²) in [5, 5.41) is 3.34. The van der Waals surface area contributed by atoms with Crippen molar-refractivity contribution in [1.82, 2.24) is 10.2 Å². The van der Waals surface area contributed by atoms with Crippen molar-refractivity contribution in [2.24, 2.45) is 4.99 Å². The van der Waals surface area contributed by atoms with Gasteiger partial charge < -0.3 is 15.0 Å². The first-order valence-electron chi connectivity index (χ1n) is 6.90. The van der Waals surface area contributed by atoms with Gasteiger partial charge in [-0.3, -0.25) is 4.79 Å². The molecule has 0 aliphatic carbocycles. The van der Waals surface area contributed by atoms with Gasteiger partial charge in [-0.15, -0.1) is 0 Å². The van der Waals surface area contributed by atoms with Gasteiger partial charge in [0.25, 0.3) is 5.91 Å². The Bertz CT molecular complexity index is 562. The van der Waals surface area contributed by atoms with Gasteiger partial charge in [-0.2, -0.15) is 0 Å². The van der Waals surface area contributed by atoms with E-state index in [2.05, 4.69) is 5.32 Å². The fraction of sp³-hybridized carbons (Fsp3) is 0.467. The van der Waals surface area contributed by atoms with E-state index in [0.29, 0.717) is 18.0 Å². The van der Waals surface area contributed by atoms with Crippen LogP contribution >= 0.6 is 0 Å². The quantitative estimate of drug-likeness (QED) is 0.876. The zero-order valence-corrected chi connectivity index (χ0v) is 11.8. The Morgan fingerprint density at radius 3 is 2.90 bits per heavy atom. The summed E-state index contributed by atoms with van der Waals surface area (Å²) in [6.07, 6.45) is 1.93. The number of likely N-dealkylation sites (N-methyl/N-ethyl adjacent to an activating group) is 1. The minimum atomic E-state index is -0.425. The second-order valence-electron chi connectivity index (χ2n) is 5.29. The van der Waals surface area contributed by atoms with Crippen LogP contribution in [-0.4, -0.2) is 49.4 Å². The number of hydrogen-bond acceptors (Lipinski definition) is 4. The monoisotopic (exact) mass is 273 g/mol. The predicted molar refractivity (Wildman–Crippen MR) is 77.1 cm³/mol. The van der Waals surface area contributed by atoms with Crippen molar-refractivity contribution >= 4 is 11.6 Å². The summed E-state index contributed by atoms with van der Waals surface area (Å²) in [5.41, 5.74) is 0.855. The lowest BCUT2D eigenvalue weighted by Gasteiger charge is -2.37. The molecule has 20 heavy (non-hydrogen) atoms. The Balaban J connectivity index is 2.04. The number of piperidine rings is 1. The Morgan fingerprint density at radius 1 is 1.40 bits per heavy atom. The number of ether oxygens (including phenoxy) is 1. The normalized spacial score (nSPS) is 26.0. The molecule has 1 aromatic carbocycles. The van der Waals surface area contributed by atoms with Crippen molar-refractivity contribution in [3.05, 3.63) is 29.8 Å². The van der Waals surface area contributed by atoms with Crippen molar-refractivity contribution in [3.63, 3.8) is 0 Å². The van der Waals surface area contributed by atoms with Crippen LogP contribution in [-0.2, 0) is 4.79 Å². The summed E-state index contributed by atoms with van der Waals surface area (Å²) in [5.74, 6) is 0.659. The molecule has 2 heterocycles. The largest absolute Gasteiger partial charge is 0.496 e. The van der Waals surface area contributed by atoms with Gasteiger partial charge in [0.15, 0.2) is 0 Å². The van der Waals surface area contributed by atoms with Crippen molar-refractivity contribution in [2.45, 2.75) is 18.5 Å². The number of methoxy groups -OCH3 is 1. The lowest BCUT2D eigenvalue weighted by Crippen LogP contribution is -2.53. The molecule has 0 saturated carbocycles. The molecule has 1 spiro atoms. The van der Waals surface area contributed by atoms with Gasteiger partial charge in [0.2, 0.25) is 0 Å². The van der Waals surface area contributed by atoms with E-state index in [-0.39, 0.29) is 5.91 Å². The van der Waals surface area contributed by atoms with Crippen LogP contribution in [0.4, 0.5) is 0 Å². The van der Waals surface area contributed by atoms with Gasteiger partial charge >= 0.3 is 0 Å². The molecule has 1 atom stereocenters. The fourth-order valence-electron chi connectivity index (χ4n) is 2.95. The molecular weight excluding hydrogens is 254 g/mol. The number of benzene rings is 1. The Labute approximate surface area is 118 Å². The SMILES string of the molecule is COc1ccccc1C1=NC2(CCCNC2)N(C)C1=O. The number of hydrogen-bond donors (Lipinski definition) is 1. The van der Waals surface area contributed by atoms with E-state index in [0.717, 1.165) is 24.9 Å². The molecule has 1 unspecified atom stereocenters. The van der Waals surface area contributed by atoms with E-state index in [9.17, 15) is 4.79 Å². The predicted octanol–water partition coefficient (Wildman–Crippen LogP) is 1.04. The van der Waals surface area contributed by atoms with E-state index in [1.165, 1.54) is 0 Å². The van der Waals surface area contributed by atoms with Crippen LogP contribution in [0.3, 0.4) is 0 Å². The van der Waals surface area contributed by atoms with Crippen LogP contribution in [0.15, 0.2) is 29.3 Å². The number of nitrogens with zero attached hydrogens (tertiary/aromatic N) is 2. The first kappa shape index (κ1) is 13.1. The van der Waals surface area contributed by atoms with Crippen LogP contribution in [0, 0.1) is 0 Å². The van der Waals surface area contributed by atoms with Gasteiger partial charge in [0, 0.05) is 19.2 Å². The Kier molecular flexibility index (Phi) is 3.22. The molecule has 5 heteroatoms. The molecule has 106 valence electrons. The summed E-state index contributed by atoms with van der Waals surface area (Å²) >= 11 is 0. The number of carbonyl (C=O) groups excluding carboxylic acids is 1. The van der Waals surface area contributed by atoms with Crippen LogP contribution < -0.4 is 10.1 Å². The summed E-state index contributed by atoms with van der Waals surface area (Å²) in [4.78, 5) is 19.1. The molecular formula is C15H19N3O2. The Morgan fingerprint density at radius 2 is 2.20 bits per heavy atom. The molecule has 1 aromatic rings. The maximum atomic E-state index is 12.6. The smallest absolute Gasteiger partial charge is 0.274 e. The molecule has 1 N–H and O–H groups in total. The van der Waals surface area contributed by atoms with Crippen molar-refractivity contribution in [2.75, 3.05) is 27.2 Å². The number of para-hydroxylation sites is 1. The summed E-state index contributed by atoms with van der Waals surface area (Å²) in [7, 11) is 3.45. The fourth-order valence-corrected chi connectivity index (χ4v) is 2.95. The van der Waals surface area contributed by atoms with Gasteiger partial charge in [-0.1, -0.05) is 12.1 Å². The minimum Gasteiger partial charge on any atom is -0.496 e. The number of rotatable bonds is 2. The molecule has 1 amide bonds. The van der Waals surface area contributed by atoms with Crippen LogP contribution in [0.5, 0.6) is 5.75 Å². The number of carbonyl (C=O) groups is 1. The third-order valence-corrected chi connectivity index (χ3v) is 4.15. The van der Waals surface area contributed by atoms with Crippen LogP contribution in [0.1, 0.15) is 18.4 Å². The molecule has 0 radical (unpaired) electrons. The summed E-state index contributed by atoms with van der Waals surface area (Å²) < 4.78 is 5.35. The summed E-state index contributed by atoms with van der Waals surface area (Å²) in [6.45, 7) is 1.71. The first-order chi connectivity index (χ1) is 9.68. The number of nitrogens with one attached hydrogen (secondary N) is 1. The van der Waals surface area contributed by atoms with Crippen LogP contribution in [0.25, 0.3) is 0 Å². The molecule has 3 rings (SSSR count). The van der Waals surface area contributed by atoms with E-state index < -0.39 is 5.66 Å². The maximum Gasteiger partial charge on any atom is 0.274 e. The zero-order chi connectivity index (χ0) is 14.2. The van der Waals surface area contributed by atoms with E-state index in [1.54, 1.807) is 12.0 Å². The highest BCUT2D eigenvalue weighted by atomic mass is 16.5. The maximum absolute atomic E-state index is 12.6. The van der Waals surface area contributed by atoms with E-state index in [4.69, 9.17) is 9.73 Å². The van der Waals surface area contributed by atoms with Crippen LogP contribution in [0.2, 0.25) is 0 Å². The van der Waals surface area contributed by atoms with Crippen molar-refractivity contribution in [1.29, 1.82) is 0 Å². The highest BCUT2D eigenvalue weighted by Gasteiger charge is 2.46. The highest BCUT2D eigenvalue weighted by Crippen LogP contribution is 2.33. The van der Waals surface area contributed by atoms with Gasteiger partial charge in [0.1, 0.15) is 17.1 Å². The standard InChI is InChI=1S/C15H19N3O2/c1-18-14(19)13(11-6-3-4-7-12(11)20-2)17-15(18)8-5-9-16-10-15/h3-4,6-7,16H,5,8-10H2,1-2H3. The third-order valence-electron chi connectivity index (χ3n) is 4.15. The topological polar surface area (TPSA) is 53.9 Å². The lowest BCUT2D eigenvalue weighted by molar-refractivity contribution is -0.126. The van der Waals surface area contributed by atoms with Gasteiger partial charge in [-0.05, 0) is 31.5 Å². The third kappa shape index (κ3) is 1.89. The molecule has 0 bridgehead atoms. The minimum absolute atomic E-state index is 0.0294. The highest BCUT2D eigenvalue weighted by molar-refractivity contribution is 6.47. The Hall–Kier alpha value is -1.88. The van der Waals surface area contributed by atoms with E-state index in [1.807, 2.05) is 31.3 Å². The van der Waals surface area contributed by atoms with Gasteiger partial charge in [0.05, 0.1) is 7.11 Å². The average molecular weight is 273 g/mol. The molecule has 1 fully saturated rings. The number of amides is 1. The summed E-state index contributed by atoms with van der Waals surface area (Å²) in [6, 6.07) is 7.54. The zero-order valence-electron chi connectivity index (χ0n) is 11.8.